The molecule has 1 unspecified atom stereocenters. The van der Waals surface area contributed by atoms with Gasteiger partial charge in [-0.1, -0.05) is 11.8 Å². The molecule has 0 amide bonds. The van der Waals surface area contributed by atoms with E-state index in [1.54, 1.807) is 18.9 Å². The van der Waals surface area contributed by atoms with Gasteiger partial charge in [0.15, 0.2) is 5.17 Å². The molecule has 0 saturated carbocycles. The van der Waals surface area contributed by atoms with Crippen molar-refractivity contribution in [3.05, 3.63) is 47.3 Å². The highest BCUT2D eigenvalue weighted by atomic mass is 32.2. The van der Waals surface area contributed by atoms with E-state index in [0.717, 1.165) is 47.5 Å². The number of ether oxygens (including phenoxy) is 2. The van der Waals surface area contributed by atoms with Crippen LogP contribution in [0.1, 0.15) is 29.8 Å². The number of hydrogen-bond donors (Lipinski definition) is 1. The van der Waals surface area contributed by atoms with Crippen LogP contribution in [0.15, 0.2) is 40.4 Å². The van der Waals surface area contributed by atoms with Crippen LogP contribution in [-0.4, -0.2) is 47.6 Å². The second-order valence-corrected chi connectivity index (χ2v) is 8.02. The summed E-state index contributed by atoms with van der Waals surface area (Å²) in [6.45, 7) is 5.84. The minimum absolute atomic E-state index is 0.267. The van der Waals surface area contributed by atoms with Gasteiger partial charge < -0.3 is 14.0 Å². The second-order valence-electron chi connectivity index (χ2n) is 7.06. The van der Waals surface area contributed by atoms with Crippen molar-refractivity contribution >= 4 is 22.6 Å². The van der Waals surface area contributed by atoms with Gasteiger partial charge in [0, 0.05) is 35.0 Å². The Kier molecular flexibility index (Phi) is 5.73. The Morgan fingerprint density at radius 2 is 2.14 bits per heavy atom. The fraction of sp³-hybridized carbons (Fsp3) is 0.429. The molecule has 1 atom stereocenters. The van der Waals surface area contributed by atoms with Crippen molar-refractivity contribution in [3.63, 3.8) is 0 Å². The molecule has 1 fully saturated rings. The molecule has 2 aliphatic heterocycles. The molecular formula is C21H26N4O2S. The van der Waals surface area contributed by atoms with Gasteiger partial charge >= 0.3 is 0 Å². The van der Waals surface area contributed by atoms with Crippen LogP contribution in [0.3, 0.4) is 0 Å². The van der Waals surface area contributed by atoms with E-state index in [4.69, 9.17) is 9.47 Å². The summed E-state index contributed by atoms with van der Waals surface area (Å²) in [7, 11) is 1.68. The first-order valence-electron chi connectivity index (χ1n) is 9.61. The number of rotatable bonds is 5. The Morgan fingerprint density at radius 3 is 2.79 bits per heavy atom. The predicted molar refractivity (Wildman–Crippen MR) is 115 cm³/mol. The Morgan fingerprint density at radius 1 is 1.32 bits per heavy atom. The van der Waals surface area contributed by atoms with Crippen LogP contribution >= 0.6 is 11.8 Å². The van der Waals surface area contributed by atoms with E-state index in [2.05, 4.69) is 52.1 Å². The zero-order chi connectivity index (χ0) is 19.5. The van der Waals surface area contributed by atoms with Crippen molar-refractivity contribution in [1.29, 1.82) is 0 Å². The fourth-order valence-electron chi connectivity index (χ4n) is 3.69. The van der Waals surface area contributed by atoms with E-state index in [0.29, 0.717) is 6.54 Å². The number of aliphatic imine (C=N–C) groups is 1. The van der Waals surface area contributed by atoms with Crippen molar-refractivity contribution in [2.75, 3.05) is 26.0 Å². The van der Waals surface area contributed by atoms with E-state index in [9.17, 15) is 0 Å². The van der Waals surface area contributed by atoms with Crippen molar-refractivity contribution in [2.45, 2.75) is 32.8 Å². The summed E-state index contributed by atoms with van der Waals surface area (Å²) in [6, 6.07) is 10.3. The Balaban J connectivity index is 1.51. The average Bonchev–Trinajstić information content (AvgIpc) is 3.35. The highest BCUT2D eigenvalue weighted by Crippen LogP contribution is 2.25. The molecule has 4 rings (SSSR count). The lowest BCUT2D eigenvalue weighted by atomic mass is 10.1. The van der Waals surface area contributed by atoms with Crippen molar-refractivity contribution in [1.82, 2.24) is 9.99 Å². The van der Waals surface area contributed by atoms with Crippen molar-refractivity contribution in [3.8, 4) is 11.4 Å². The standard InChI is InChI=1S/C21H26N4O2S/c1-14-11-19(15(2)25(14)16-6-8-17(26-3)9-7-16)20-13-28-21(24-23-20)22-12-18-5-4-10-27-18/h6-9,11,18H,4-5,10,12-13H2,1-3H3,(H,22,24). The fourth-order valence-corrected chi connectivity index (χ4v) is 4.46. The number of amidine groups is 1. The van der Waals surface area contributed by atoms with Crippen LogP contribution in [-0.2, 0) is 4.74 Å². The number of benzene rings is 1. The summed E-state index contributed by atoms with van der Waals surface area (Å²) in [5, 5.41) is 5.48. The molecule has 1 aromatic carbocycles. The van der Waals surface area contributed by atoms with Crippen molar-refractivity contribution < 1.29 is 9.47 Å². The molecular weight excluding hydrogens is 372 g/mol. The molecule has 1 N–H and O–H groups in total. The molecule has 148 valence electrons. The molecule has 0 aliphatic carbocycles. The van der Waals surface area contributed by atoms with Gasteiger partial charge in [0.25, 0.3) is 0 Å². The summed E-state index contributed by atoms with van der Waals surface area (Å²) < 4.78 is 13.2. The van der Waals surface area contributed by atoms with Gasteiger partial charge in [-0.25, -0.2) is 0 Å². The lowest BCUT2D eigenvalue weighted by Crippen LogP contribution is -2.26. The summed E-state index contributed by atoms with van der Waals surface area (Å²) >= 11 is 1.70. The molecule has 7 heteroatoms. The number of aromatic nitrogens is 1. The Bertz CT molecular complexity index is 896. The summed E-state index contributed by atoms with van der Waals surface area (Å²) in [6.07, 6.45) is 2.51. The van der Waals surface area contributed by atoms with Gasteiger partial charge in [0.05, 0.1) is 25.5 Å². The molecule has 1 saturated heterocycles. The van der Waals surface area contributed by atoms with Gasteiger partial charge in [0.2, 0.25) is 0 Å². The molecule has 1 aromatic heterocycles. The molecule has 28 heavy (non-hydrogen) atoms. The van der Waals surface area contributed by atoms with Crippen LogP contribution < -0.4 is 10.2 Å². The van der Waals surface area contributed by atoms with Crippen LogP contribution in [0, 0.1) is 13.8 Å². The number of nitrogens with zero attached hydrogens (tertiary/aromatic N) is 3. The lowest BCUT2D eigenvalue weighted by molar-refractivity contribution is 0.118. The number of hydrazone groups is 1. The van der Waals surface area contributed by atoms with E-state index >= 15 is 0 Å². The first-order valence-corrected chi connectivity index (χ1v) is 10.6. The van der Waals surface area contributed by atoms with Crippen LogP contribution in [0.2, 0.25) is 0 Å². The molecule has 6 nitrogen and oxygen atoms in total. The van der Waals surface area contributed by atoms with Gasteiger partial charge in [-0.2, -0.15) is 5.10 Å². The highest BCUT2D eigenvalue weighted by Gasteiger charge is 2.20. The molecule has 0 bridgehead atoms. The normalized spacial score (nSPS) is 20.9. The monoisotopic (exact) mass is 398 g/mol. The third-order valence-corrected chi connectivity index (χ3v) is 6.08. The lowest BCUT2D eigenvalue weighted by Gasteiger charge is -2.16. The number of hydrogen-bond acceptors (Lipinski definition) is 5. The number of methoxy groups -OCH3 is 1. The Labute approximate surface area is 170 Å². The molecule has 0 spiro atoms. The third kappa shape index (κ3) is 3.95. The van der Waals surface area contributed by atoms with E-state index < -0.39 is 0 Å². The summed E-state index contributed by atoms with van der Waals surface area (Å²) in [5.41, 5.74) is 8.84. The first kappa shape index (κ1) is 19.1. The van der Waals surface area contributed by atoms with Crippen LogP contribution in [0.5, 0.6) is 5.75 Å². The second kappa shape index (κ2) is 8.41. The van der Waals surface area contributed by atoms with Crippen LogP contribution in [0.4, 0.5) is 0 Å². The number of thioether (sulfide) groups is 1. The summed E-state index contributed by atoms with van der Waals surface area (Å²) in [5.74, 6) is 1.67. The maximum absolute atomic E-state index is 5.63. The smallest absolute Gasteiger partial charge is 0.177 e. The Hall–Kier alpha value is -2.25. The van der Waals surface area contributed by atoms with Gasteiger partial charge in [0.1, 0.15) is 5.75 Å². The maximum atomic E-state index is 5.63. The SMILES string of the molecule is COc1ccc(-n2c(C)cc(C3=NNC(=NCC4CCCO4)SC3)c2C)cc1. The third-order valence-electron chi connectivity index (χ3n) is 5.17. The van der Waals surface area contributed by atoms with Gasteiger partial charge in [-0.05, 0) is 57.0 Å². The summed E-state index contributed by atoms with van der Waals surface area (Å²) in [4.78, 5) is 4.62. The van der Waals surface area contributed by atoms with Gasteiger partial charge in [-0.3, -0.25) is 10.4 Å². The number of aryl methyl sites for hydroxylation is 1. The molecule has 3 heterocycles. The first-order chi connectivity index (χ1) is 13.7. The predicted octanol–water partition coefficient (Wildman–Crippen LogP) is 3.68. The minimum atomic E-state index is 0.267. The minimum Gasteiger partial charge on any atom is -0.497 e. The number of nitrogens with one attached hydrogen (secondary N) is 1. The van der Waals surface area contributed by atoms with Crippen LogP contribution in [0.25, 0.3) is 5.69 Å². The topological polar surface area (TPSA) is 60.1 Å². The molecule has 2 aromatic rings. The maximum Gasteiger partial charge on any atom is 0.177 e. The average molecular weight is 399 g/mol. The zero-order valence-corrected chi connectivity index (χ0v) is 17.4. The van der Waals surface area contributed by atoms with Crippen molar-refractivity contribution in [2.24, 2.45) is 10.1 Å². The molecule has 2 aliphatic rings. The molecule has 0 radical (unpaired) electrons. The largest absolute Gasteiger partial charge is 0.497 e. The quantitative estimate of drug-likeness (QED) is 0.835. The van der Waals surface area contributed by atoms with E-state index in [-0.39, 0.29) is 6.10 Å². The highest BCUT2D eigenvalue weighted by molar-refractivity contribution is 8.14. The van der Waals surface area contributed by atoms with Gasteiger partial charge in [-0.15, -0.1) is 0 Å². The van der Waals surface area contributed by atoms with E-state index in [1.807, 2.05) is 12.1 Å². The van der Waals surface area contributed by atoms with E-state index in [1.165, 1.54) is 17.0 Å². The zero-order valence-electron chi connectivity index (χ0n) is 16.6.